The molecule has 4 unspecified atom stereocenters. The van der Waals surface area contributed by atoms with Gasteiger partial charge in [0.15, 0.2) is 0 Å². The Balaban J connectivity index is 1.80. The monoisotopic (exact) mass is 354 g/mol. The highest BCUT2D eigenvalue weighted by Gasteiger charge is 2.38. The Hall–Kier alpha value is 0.651. The minimum Gasteiger partial charge on any atom is -0.0716 e. The minimum absolute atomic E-state index is 0.489. The molecule has 2 rings (SSSR count). The van der Waals surface area contributed by atoms with Crippen LogP contribution in [0.25, 0.3) is 0 Å². The van der Waals surface area contributed by atoms with Gasteiger partial charge in [0, 0.05) is 24.9 Å². The smallest absolute Gasteiger partial charge is 0.0445 e. The predicted molar refractivity (Wildman–Crippen MR) is 112 cm³/mol. The highest BCUT2D eigenvalue weighted by Crippen LogP contribution is 2.49. The maximum absolute atomic E-state index is 2.75. The molecule has 2 fully saturated rings. The van der Waals surface area contributed by atoms with Crippen molar-refractivity contribution < 1.29 is 0 Å². The van der Waals surface area contributed by atoms with E-state index in [2.05, 4.69) is 45.8 Å². The third-order valence-electron chi connectivity index (χ3n) is 6.45. The summed E-state index contributed by atoms with van der Waals surface area (Å²) in [5.74, 6) is 2.23. The molecular weight excluding hydrogens is 312 g/mol. The molecule has 0 nitrogen and oxygen atoms in total. The van der Waals surface area contributed by atoms with E-state index in [0.29, 0.717) is 0 Å². The highest BCUT2D eigenvalue weighted by molar-refractivity contribution is 6.76. The van der Waals surface area contributed by atoms with E-state index >= 15 is 0 Å². The summed E-state index contributed by atoms with van der Waals surface area (Å²) in [7, 11) is -2.16. The summed E-state index contributed by atoms with van der Waals surface area (Å²) in [6.07, 6.45) is 9.64. The summed E-state index contributed by atoms with van der Waals surface area (Å²) in [5, 5.41) is 0. The molecule has 3 heteroatoms. The molecule has 2 aliphatic carbocycles. The standard InChI is InChI=1S/C19H42Si3/c1-20(18-10-8-16(12-18)14-21(2,3)4)19-11-9-17(13-19)15-22(5,6)7/h16-20H,8-15H2,1-7H3. The molecule has 0 heterocycles. The van der Waals surface area contributed by atoms with Crippen molar-refractivity contribution in [2.75, 3.05) is 0 Å². The summed E-state index contributed by atoms with van der Waals surface area (Å²) >= 11 is 0. The Kier molecular flexibility index (Phi) is 6.27. The molecule has 0 aromatic heterocycles. The second-order valence-electron chi connectivity index (χ2n) is 11.3. The molecule has 0 aromatic carbocycles. The van der Waals surface area contributed by atoms with Crippen LogP contribution in [0.15, 0.2) is 0 Å². The molecule has 0 saturated heterocycles. The van der Waals surface area contributed by atoms with Crippen LogP contribution in [-0.2, 0) is 0 Å². The van der Waals surface area contributed by atoms with Gasteiger partial charge in [-0.2, -0.15) is 0 Å². The summed E-state index contributed by atoms with van der Waals surface area (Å²) in [6.45, 7) is 18.2. The molecule has 2 saturated carbocycles. The first-order valence-electron chi connectivity index (χ1n) is 10.0. The van der Waals surface area contributed by atoms with Crippen LogP contribution in [0.4, 0.5) is 0 Å². The van der Waals surface area contributed by atoms with Crippen molar-refractivity contribution in [1.29, 1.82) is 0 Å². The zero-order chi connectivity index (χ0) is 16.5. The van der Waals surface area contributed by atoms with Gasteiger partial charge in [0.25, 0.3) is 0 Å². The van der Waals surface area contributed by atoms with Gasteiger partial charge in [0.1, 0.15) is 0 Å². The first-order chi connectivity index (χ1) is 10.0. The lowest BCUT2D eigenvalue weighted by molar-refractivity contribution is 0.594. The fraction of sp³-hybridized carbons (Fsp3) is 1.00. The lowest BCUT2D eigenvalue weighted by Gasteiger charge is -2.26. The van der Waals surface area contributed by atoms with Crippen molar-refractivity contribution in [3.8, 4) is 0 Å². The summed E-state index contributed by atoms with van der Waals surface area (Å²) in [5.41, 5.74) is 2.41. The first kappa shape index (κ1) is 19.0. The number of hydrogen-bond donors (Lipinski definition) is 0. The molecule has 0 N–H and O–H groups in total. The second-order valence-corrected chi connectivity index (χ2v) is 25.9. The Morgan fingerprint density at radius 1 is 0.682 bits per heavy atom. The Morgan fingerprint density at radius 2 is 1.05 bits per heavy atom. The average Bonchev–Trinajstić information content (AvgIpc) is 2.93. The van der Waals surface area contributed by atoms with Gasteiger partial charge in [0.05, 0.1) is 0 Å². The van der Waals surface area contributed by atoms with E-state index in [9.17, 15) is 0 Å². The van der Waals surface area contributed by atoms with E-state index in [0.717, 1.165) is 11.8 Å². The van der Waals surface area contributed by atoms with Crippen LogP contribution in [0.1, 0.15) is 38.5 Å². The van der Waals surface area contributed by atoms with E-state index in [4.69, 9.17) is 0 Å². The van der Waals surface area contributed by atoms with Gasteiger partial charge in [-0.25, -0.2) is 0 Å². The van der Waals surface area contributed by atoms with E-state index < -0.39 is 24.9 Å². The minimum atomic E-state index is -0.836. The fourth-order valence-corrected chi connectivity index (χ4v) is 13.7. The third-order valence-corrected chi connectivity index (χ3v) is 14.2. The quantitative estimate of drug-likeness (QED) is 0.457. The fourth-order valence-electron chi connectivity index (χ4n) is 5.67. The Labute approximate surface area is 144 Å². The molecule has 0 spiro atoms. The first-order valence-corrected chi connectivity index (χ1v) is 19.9. The molecule has 0 aromatic rings. The highest BCUT2D eigenvalue weighted by atomic mass is 28.3. The van der Waals surface area contributed by atoms with Crippen LogP contribution in [0.5, 0.6) is 0 Å². The van der Waals surface area contributed by atoms with E-state index in [-0.39, 0.29) is 0 Å². The molecule has 4 atom stereocenters. The van der Waals surface area contributed by atoms with Crippen molar-refractivity contribution in [2.24, 2.45) is 11.8 Å². The lowest BCUT2D eigenvalue weighted by atomic mass is 10.1. The van der Waals surface area contributed by atoms with Crippen LogP contribution in [0, 0.1) is 11.8 Å². The number of hydrogen-bond acceptors (Lipinski definition) is 0. The SMILES string of the molecule is C[SiH](C1CCC(C[Si](C)(C)C)C1)C1CCC(C[Si](C)(C)C)C1. The van der Waals surface area contributed by atoms with Gasteiger partial charge >= 0.3 is 0 Å². The van der Waals surface area contributed by atoms with Crippen molar-refractivity contribution >= 4 is 24.9 Å². The Morgan fingerprint density at radius 3 is 1.36 bits per heavy atom. The normalized spacial score (nSPS) is 35.0. The topological polar surface area (TPSA) is 0 Å². The third kappa shape index (κ3) is 5.94. The van der Waals surface area contributed by atoms with Gasteiger partial charge < -0.3 is 0 Å². The zero-order valence-electron chi connectivity index (χ0n) is 16.5. The van der Waals surface area contributed by atoms with Gasteiger partial charge in [0.2, 0.25) is 0 Å². The second kappa shape index (κ2) is 7.26. The number of rotatable bonds is 6. The van der Waals surface area contributed by atoms with Gasteiger partial charge in [-0.3, -0.25) is 0 Å². The maximum atomic E-state index is 2.75. The molecule has 0 bridgehead atoms. The van der Waals surface area contributed by atoms with E-state index in [1.165, 1.54) is 11.1 Å². The van der Waals surface area contributed by atoms with Crippen molar-refractivity contribution in [3.63, 3.8) is 0 Å². The zero-order valence-corrected chi connectivity index (χ0v) is 19.7. The average molecular weight is 355 g/mol. The molecular formula is C19H42Si3. The van der Waals surface area contributed by atoms with Crippen molar-refractivity contribution in [2.45, 2.75) is 108 Å². The lowest BCUT2D eigenvalue weighted by Crippen LogP contribution is -2.25. The summed E-state index contributed by atoms with van der Waals surface area (Å²) < 4.78 is 0. The largest absolute Gasteiger partial charge is 0.0716 e. The van der Waals surface area contributed by atoms with Crippen molar-refractivity contribution in [1.82, 2.24) is 0 Å². The van der Waals surface area contributed by atoms with Crippen molar-refractivity contribution in [3.05, 3.63) is 0 Å². The van der Waals surface area contributed by atoms with E-state index in [1.807, 2.05) is 0 Å². The van der Waals surface area contributed by atoms with Crippen LogP contribution < -0.4 is 0 Å². The summed E-state index contributed by atoms with van der Waals surface area (Å²) in [6, 6.07) is 3.21. The van der Waals surface area contributed by atoms with Crippen LogP contribution >= 0.6 is 0 Å². The molecule has 22 heavy (non-hydrogen) atoms. The maximum Gasteiger partial charge on any atom is 0.0445 e. The van der Waals surface area contributed by atoms with Gasteiger partial charge in [-0.15, -0.1) is 0 Å². The van der Waals surface area contributed by atoms with Crippen LogP contribution in [0.2, 0.25) is 69.0 Å². The summed E-state index contributed by atoms with van der Waals surface area (Å²) in [4.78, 5) is 0. The molecule has 0 radical (unpaired) electrons. The molecule has 130 valence electrons. The van der Waals surface area contributed by atoms with Crippen LogP contribution in [-0.4, -0.2) is 24.9 Å². The molecule has 0 amide bonds. The molecule has 2 aliphatic rings. The Bertz CT molecular complexity index is 319. The van der Waals surface area contributed by atoms with E-state index in [1.54, 1.807) is 50.6 Å². The van der Waals surface area contributed by atoms with Gasteiger partial charge in [-0.05, 0) is 22.9 Å². The predicted octanol–water partition coefficient (Wildman–Crippen LogP) is 6.86. The molecule has 0 aliphatic heterocycles. The van der Waals surface area contributed by atoms with Crippen LogP contribution in [0.3, 0.4) is 0 Å². The van der Waals surface area contributed by atoms with Gasteiger partial charge in [-0.1, -0.05) is 96.4 Å².